The molecule has 1 fully saturated rings. The van der Waals surface area contributed by atoms with Crippen LogP contribution in [0.15, 0.2) is 6.20 Å². The number of anilines is 2. The van der Waals surface area contributed by atoms with Crippen LogP contribution in [0.2, 0.25) is 0 Å². The van der Waals surface area contributed by atoms with Gasteiger partial charge in [0.15, 0.2) is 0 Å². The molecular weight excluding hydrogens is 290 g/mol. The van der Waals surface area contributed by atoms with E-state index in [1.807, 2.05) is 44.1 Å². The molecule has 0 unspecified atom stereocenters. The van der Waals surface area contributed by atoms with E-state index >= 15 is 0 Å². The molecule has 128 valence electrons. The van der Waals surface area contributed by atoms with Crippen LogP contribution in [0.5, 0.6) is 0 Å². The fourth-order valence-electron chi connectivity index (χ4n) is 3.08. The third-order valence-electron chi connectivity index (χ3n) is 4.24. The number of hydrogen-bond acceptors (Lipinski definition) is 5. The van der Waals surface area contributed by atoms with Crippen molar-refractivity contribution in [1.29, 1.82) is 0 Å². The summed E-state index contributed by atoms with van der Waals surface area (Å²) in [6.45, 7) is 9.86. The van der Waals surface area contributed by atoms with Gasteiger partial charge in [-0.05, 0) is 27.7 Å². The predicted octanol–water partition coefficient (Wildman–Crippen LogP) is 1.93. The van der Waals surface area contributed by atoms with Crippen LogP contribution < -0.4 is 9.80 Å². The number of nitrogens with zero attached hydrogens (tertiary/aromatic N) is 5. The summed E-state index contributed by atoms with van der Waals surface area (Å²) in [5, 5.41) is 0. The Bertz CT molecular complexity index is 579. The van der Waals surface area contributed by atoms with Crippen LogP contribution in [-0.4, -0.2) is 60.5 Å². The van der Waals surface area contributed by atoms with Crippen molar-refractivity contribution in [3.63, 3.8) is 0 Å². The zero-order chi connectivity index (χ0) is 17.4. The second kappa shape index (κ2) is 6.34. The minimum Gasteiger partial charge on any atom is -0.362 e. The summed E-state index contributed by atoms with van der Waals surface area (Å²) >= 11 is 0. The van der Waals surface area contributed by atoms with Crippen LogP contribution in [0.1, 0.15) is 32.8 Å². The van der Waals surface area contributed by atoms with Gasteiger partial charge in [-0.3, -0.25) is 4.79 Å². The van der Waals surface area contributed by atoms with Gasteiger partial charge in [0.25, 0.3) is 0 Å². The van der Waals surface area contributed by atoms with E-state index < -0.39 is 0 Å². The van der Waals surface area contributed by atoms with Crippen LogP contribution in [-0.2, 0) is 4.79 Å². The first kappa shape index (κ1) is 17.5. The molecule has 1 amide bonds. The minimum absolute atomic E-state index is 0.108. The van der Waals surface area contributed by atoms with Crippen molar-refractivity contribution in [2.75, 3.05) is 44.0 Å². The Morgan fingerprint density at radius 3 is 2.48 bits per heavy atom. The Morgan fingerprint density at radius 2 is 1.96 bits per heavy atom. The molecule has 0 aliphatic carbocycles. The first-order chi connectivity index (χ1) is 10.6. The number of aromatic nitrogens is 2. The molecule has 0 aromatic carbocycles. The predicted molar refractivity (Wildman–Crippen MR) is 93.9 cm³/mol. The summed E-state index contributed by atoms with van der Waals surface area (Å²) < 4.78 is 0. The summed E-state index contributed by atoms with van der Waals surface area (Å²) in [4.78, 5) is 27.3. The van der Waals surface area contributed by atoms with E-state index in [1.54, 1.807) is 0 Å². The lowest BCUT2D eigenvalue weighted by Crippen LogP contribution is -2.42. The van der Waals surface area contributed by atoms with Crippen LogP contribution in [0.3, 0.4) is 0 Å². The summed E-state index contributed by atoms with van der Waals surface area (Å²) in [5.74, 6) is 2.20. The third-order valence-corrected chi connectivity index (χ3v) is 4.24. The van der Waals surface area contributed by atoms with Crippen molar-refractivity contribution in [2.24, 2.45) is 5.92 Å². The summed E-state index contributed by atoms with van der Waals surface area (Å²) in [6.07, 6.45) is 2.46. The molecular formula is C17H29N5O. The van der Waals surface area contributed by atoms with E-state index in [1.165, 1.54) is 0 Å². The third kappa shape index (κ3) is 3.92. The zero-order valence-electron chi connectivity index (χ0n) is 15.4. The van der Waals surface area contributed by atoms with Gasteiger partial charge in [0, 0.05) is 63.9 Å². The Labute approximate surface area is 139 Å². The van der Waals surface area contributed by atoms with E-state index in [-0.39, 0.29) is 11.4 Å². The second-order valence-corrected chi connectivity index (χ2v) is 7.70. The van der Waals surface area contributed by atoms with E-state index in [2.05, 4.69) is 35.6 Å². The molecule has 2 heterocycles. The van der Waals surface area contributed by atoms with Gasteiger partial charge in [0.2, 0.25) is 11.9 Å². The first-order valence-electron chi connectivity index (χ1n) is 8.12. The molecule has 1 saturated heterocycles. The van der Waals surface area contributed by atoms with Crippen molar-refractivity contribution in [3.05, 3.63) is 11.8 Å². The van der Waals surface area contributed by atoms with Crippen molar-refractivity contribution < 1.29 is 4.79 Å². The molecule has 2 rings (SSSR count). The fraction of sp³-hybridized carbons (Fsp3) is 0.706. The number of aryl methyl sites for hydroxylation is 1. The Hall–Kier alpha value is -1.85. The van der Waals surface area contributed by atoms with E-state index in [9.17, 15) is 4.79 Å². The van der Waals surface area contributed by atoms with Gasteiger partial charge in [-0.2, -0.15) is 4.98 Å². The maximum absolute atomic E-state index is 12.2. The summed E-state index contributed by atoms with van der Waals surface area (Å²) in [6, 6.07) is 0. The average molecular weight is 319 g/mol. The van der Waals surface area contributed by atoms with Crippen LogP contribution in [0.4, 0.5) is 11.8 Å². The van der Waals surface area contributed by atoms with Crippen LogP contribution in [0.25, 0.3) is 0 Å². The maximum Gasteiger partial charge on any atom is 0.227 e. The molecule has 6 heteroatoms. The molecule has 1 atom stereocenters. The number of hydrogen-bond donors (Lipinski definition) is 0. The smallest absolute Gasteiger partial charge is 0.227 e. The largest absolute Gasteiger partial charge is 0.362 e. The minimum atomic E-state index is -0.108. The Balaban J connectivity index is 2.07. The van der Waals surface area contributed by atoms with Crippen molar-refractivity contribution in [1.82, 2.24) is 14.9 Å². The standard InChI is InChI=1S/C17H29N5O/c1-12-9-18-16(19-15(12)20(5)6)21(7)10-13-8-14(23)22(11-13)17(2,3)4/h9,13H,8,10-11H2,1-7H3/t13-/m1/s1. The highest BCUT2D eigenvalue weighted by atomic mass is 16.2. The van der Waals surface area contributed by atoms with Gasteiger partial charge >= 0.3 is 0 Å². The van der Waals surface area contributed by atoms with Gasteiger partial charge < -0.3 is 14.7 Å². The maximum atomic E-state index is 12.2. The van der Waals surface area contributed by atoms with Crippen molar-refractivity contribution in [2.45, 2.75) is 39.7 Å². The number of carbonyl (C=O) groups excluding carboxylic acids is 1. The van der Waals surface area contributed by atoms with Gasteiger partial charge in [0.1, 0.15) is 5.82 Å². The van der Waals surface area contributed by atoms with E-state index in [4.69, 9.17) is 0 Å². The molecule has 1 aliphatic heterocycles. The van der Waals surface area contributed by atoms with Gasteiger partial charge in [0.05, 0.1) is 0 Å². The van der Waals surface area contributed by atoms with Gasteiger partial charge in [-0.25, -0.2) is 4.98 Å². The van der Waals surface area contributed by atoms with Gasteiger partial charge in [-0.15, -0.1) is 0 Å². The number of amides is 1. The zero-order valence-corrected chi connectivity index (χ0v) is 15.4. The molecule has 0 bridgehead atoms. The van der Waals surface area contributed by atoms with E-state index in [0.717, 1.165) is 24.5 Å². The molecule has 0 N–H and O–H groups in total. The highest BCUT2D eigenvalue weighted by molar-refractivity contribution is 5.79. The van der Waals surface area contributed by atoms with Gasteiger partial charge in [-0.1, -0.05) is 0 Å². The van der Waals surface area contributed by atoms with Crippen LogP contribution in [0, 0.1) is 12.8 Å². The number of carbonyl (C=O) groups is 1. The number of rotatable bonds is 4. The molecule has 0 saturated carbocycles. The lowest BCUT2D eigenvalue weighted by atomic mass is 10.1. The second-order valence-electron chi connectivity index (χ2n) is 7.70. The lowest BCUT2D eigenvalue weighted by Gasteiger charge is -2.32. The van der Waals surface area contributed by atoms with Crippen molar-refractivity contribution >= 4 is 17.7 Å². The molecule has 23 heavy (non-hydrogen) atoms. The van der Waals surface area contributed by atoms with Crippen molar-refractivity contribution in [3.8, 4) is 0 Å². The molecule has 0 spiro atoms. The SMILES string of the molecule is Cc1cnc(N(C)C[C@H]2CC(=O)N(C(C)(C)C)C2)nc1N(C)C. The van der Waals surface area contributed by atoms with E-state index in [0.29, 0.717) is 18.3 Å². The topological polar surface area (TPSA) is 52.6 Å². The first-order valence-corrected chi connectivity index (χ1v) is 8.12. The highest BCUT2D eigenvalue weighted by Crippen LogP contribution is 2.27. The monoisotopic (exact) mass is 319 g/mol. The average Bonchev–Trinajstić information content (AvgIpc) is 2.79. The molecule has 1 aliphatic rings. The normalized spacial score (nSPS) is 18.5. The molecule has 0 radical (unpaired) electrons. The highest BCUT2D eigenvalue weighted by Gasteiger charge is 2.36. The fourth-order valence-corrected chi connectivity index (χ4v) is 3.08. The quantitative estimate of drug-likeness (QED) is 0.849. The molecule has 1 aromatic rings. The summed E-state index contributed by atoms with van der Waals surface area (Å²) in [7, 11) is 5.96. The van der Waals surface area contributed by atoms with Crippen LogP contribution >= 0.6 is 0 Å². The number of likely N-dealkylation sites (tertiary alicyclic amines) is 1. The molecule has 1 aromatic heterocycles. The summed E-state index contributed by atoms with van der Waals surface area (Å²) in [5.41, 5.74) is 0.949. The Morgan fingerprint density at radius 1 is 1.30 bits per heavy atom. The lowest BCUT2D eigenvalue weighted by molar-refractivity contribution is -0.131. The molecule has 6 nitrogen and oxygen atoms in total. The Kier molecular flexibility index (Phi) is 4.82.